The van der Waals surface area contributed by atoms with Crippen molar-refractivity contribution in [3.05, 3.63) is 29.8 Å². The van der Waals surface area contributed by atoms with Crippen LogP contribution in [-0.4, -0.2) is 11.8 Å². The number of unbranched alkanes of at least 4 members (excludes halogenated alkanes) is 12. The smallest absolute Gasteiger partial charge is 0.252 e. The zero-order chi connectivity index (χ0) is 20.5. The van der Waals surface area contributed by atoms with Gasteiger partial charge in [-0.2, -0.15) is 0 Å². The predicted octanol–water partition coefficient (Wildman–Crippen LogP) is 8.56. The lowest BCUT2D eigenvalue weighted by Gasteiger charge is -2.06. The van der Waals surface area contributed by atoms with Crippen molar-refractivity contribution < 1.29 is 9.53 Å². The van der Waals surface area contributed by atoms with Crippen LogP contribution in [0, 0.1) is 5.92 Å². The molecule has 0 N–H and O–H groups in total. The minimum atomic E-state index is -0.427. The first-order chi connectivity index (χ1) is 13.6. The maximum atomic E-state index is 11.0. The zero-order valence-electron chi connectivity index (χ0n) is 18.2. The lowest BCUT2D eigenvalue weighted by atomic mass is 10.0. The van der Waals surface area contributed by atoms with Gasteiger partial charge in [0.05, 0.1) is 6.61 Å². The summed E-state index contributed by atoms with van der Waals surface area (Å²) in [6.07, 6.45) is 19.1. The molecule has 0 saturated heterocycles. The highest BCUT2D eigenvalue weighted by Crippen LogP contribution is 2.16. The van der Waals surface area contributed by atoms with E-state index < -0.39 is 5.24 Å². The topological polar surface area (TPSA) is 26.3 Å². The van der Waals surface area contributed by atoms with Gasteiger partial charge in [0.25, 0.3) is 5.24 Å². The van der Waals surface area contributed by atoms with Crippen molar-refractivity contribution in [3.63, 3.8) is 0 Å². The highest BCUT2D eigenvalue weighted by atomic mass is 35.5. The third-order valence-corrected chi connectivity index (χ3v) is 5.49. The summed E-state index contributed by atoms with van der Waals surface area (Å²) in [5.41, 5.74) is 0.510. The number of carbonyl (C=O) groups excluding carboxylic acids is 1. The Balaban J connectivity index is 1.80. The SMILES string of the molecule is CC(C)CCCCCCCCCCCCCCCOc1ccc(C(=O)Cl)cc1. The van der Waals surface area contributed by atoms with Gasteiger partial charge in [-0.3, -0.25) is 4.79 Å². The van der Waals surface area contributed by atoms with Crippen molar-refractivity contribution in [1.29, 1.82) is 0 Å². The highest BCUT2D eigenvalue weighted by Gasteiger charge is 2.01. The number of benzene rings is 1. The minimum absolute atomic E-state index is 0.427. The monoisotopic (exact) mass is 408 g/mol. The van der Waals surface area contributed by atoms with Gasteiger partial charge in [-0.1, -0.05) is 97.3 Å². The molecule has 2 nitrogen and oxygen atoms in total. The Morgan fingerprint density at radius 1 is 0.750 bits per heavy atom. The number of rotatable bonds is 18. The number of hydrogen-bond donors (Lipinski definition) is 0. The molecule has 0 aliphatic heterocycles. The second kappa shape index (κ2) is 16.9. The van der Waals surface area contributed by atoms with Crippen LogP contribution in [0.4, 0.5) is 0 Å². The molecule has 0 saturated carbocycles. The van der Waals surface area contributed by atoms with E-state index in [4.69, 9.17) is 16.3 Å². The lowest BCUT2D eigenvalue weighted by molar-refractivity contribution is 0.108. The predicted molar refractivity (Wildman–Crippen MR) is 122 cm³/mol. The average molecular weight is 409 g/mol. The largest absolute Gasteiger partial charge is 0.494 e. The molecule has 160 valence electrons. The van der Waals surface area contributed by atoms with Crippen LogP contribution in [0.15, 0.2) is 24.3 Å². The molecule has 0 aliphatic rings. The maximum absolute atomic E-state index is 11.0. The quantitative estimate of drug-likeness (QED) is 0.179. The van der Waals surface area contributed by atoms with Crippen LogP contribution in [0.1, 0.15) is 114 Å². The van der Waals surface area contributed by atoms with Crippen LogP contribution in [0.25, 0.3) is 0 Å². The van der Waals surface area contributed by atoms with Gasteiger partial charge in [0.2, 0.25) is 0 Å². The van der Waals surface area contributed by atoms with Crippen molar-refractivity contribution in [2.45, 2.75) is 104 Å². The van der Waals surface area contributed by atoms with Gasteiger partial charge >= 0.3 is 0 Å². The van der Waals surface area contributed by atoms with Crippen LogP contribution in [0.3, 0.4) is 0 Å². The van der Waals surface area contributed by atoms with E-state index in [1.165, 1.54) is 83.5 Å². The fraction of sp³-hybridized carbons (Fsp3) is 0.720. The Morgan fingerprint density at radius 3 is 1.61 bits per heavy atom. The summed E-state index contributed by atoms with van der Waals surface area (Å²) >= 11 is 5.43. The molecular weight excluding hydrogens is 368 g/mol. The van der Waals surface area contributed by atoms with E-state index in [1.807, 2.05) is 0 Å². The second-order valence-corrected chi connectivity index (χ2v) is 8.77. The minimum Gasteiger partial charge on any atom is -0.494 e. The van der Waals surface area contributed by atoms with E-state index in [-0.39, 0.29) is 0 Å². The molecule has 1 rings (SSSR count). The maximum Gasteiger partial charge on any atom is 0.252 e. The summed E-state index contributed by atoms with van der Waals surface area (Å²) in [6.45, 7) is 5.38. The summed E-state index contributed by atoms with van der Waals surface area (Å²) in [5.74, 6) is 1.68. The normalized spacial score (nSPS) is 11.1. The van der Waals surface area contributed by atoms with Gasteiger partial charge < -0.3 is 4.74 Å². The zero-order valence-corrected chi connectivity index (χ0v) is 18.9. The van der Waals surface area contributed by atoms with Crippen molar-refractivity contribution in [2.24, 2.45) is 5.92 Å². The molecule has 3 heteroatoms. The number of ether oxygens (including phenoxy) is 1. The van der Waals surface area contributed by atoms with Gasteiger partial charge in [-0.25, -0.2) is 0 Å². The summed E-state index contributed by atoms with van der Waals surface area (Å²) < 4.78 is 5.70. The van der Waals surface area contributed by atoms with Crippen LogP contribution in [0.2, 0.25) is 0 Å². The molecule has 0 spiro atoms. The van der Waals surface area contributed by atoms with E-state index in [9.17, 15) is 4.79 Å². The molecule has 1 aromatic carbocycles. The molecule has 0 amide bonds. The van der Waals surface area contributed by atoms with Gasteiger partial charge in [-0.05, 0) is 48.2 Å². The van der Waals surface area contributed by atoms with E-state index >= 15 is 0 Å². The van der Waals surface area contributed by atoms with Crippen LogP contribution >= 0.6 is 11.6 Å². The molecule has 0 unspecified atom stereocenters. The van der Waals surface area contributed by atoms with Crippen molar-refractivity contribution in [2.75, 3.05) is 6.61 Å². The molecule has 0 heterocycles. The highest BCUT2D eigenvalue weighted by molar-refractivity contribution is 6.67. The third kappa shape index (κ3) is 14.0. The molecule has 1 aromatic rings. The van der Waals surface area contributed by atoms with E-state index in [0.29, 0.717) is 5.56 Å². The Bertz CT molecular complexity index is 496. The summed E-state index contributed by atoms with van der Waals surface area (Å²) in [6, 6.07) is 7.03. The molecular formula is C25H41ClO2. The van der Waals surface area contributed by atoms with Crippen molar-refractivity contribution >= 4 is 16.8 Å². The molecule has 0 atom stereocenters. The number of carbonyl (C=O) groups is 1. The van der Waals surface area contributed by atoms with Gasteiger partial charge in [0.15, 0.2) is 0 Å². The number of hydrogen-bond acceptors (Lipinski definition) is 2. The Hall–Kier alpha value is -1.02. The molecule has 0 bridgehead atoms. The van der Waals surface area contributed by atoms with Crippen molar-refractivity contribution in [3.8, 4) is 5.75 Å². The molecule has 28 heavy (non-hydrogen) atoms. The molecule has 0 radical (unpaired) electrons. The second-order valence-electron chi connectivity index (χ2n) is 8.43. The lowest BCUT2D eigenvalue weighted by Crippen LogP contribution is -1.98. The molecule has 0 aromatic heterocycles. The average Bonchev–Trinajstić information content (AvgIpc) is 2.67. The first-order valence-corrected chi connectivity index (χ1v) is 11.9. The fourth-order valence-corrected chi connectivity index (χ4v) is 3.60. The van der Waals surface area contributed by atoms with Gasteiger partial charge in [0.1, 0.15) is 5.75 Å². The van der Waals surface area contributed by atoms with Crippen LogP contribution in [0.5, 0.6) is 5.75 Å². The molecule has 0 fully saturated rings. The Morgan fingerprint density at radius 2 is 1.18 bits per heavy atom. The van der Waals surface area contributed by atoms with Gasteiger partial charge in [0, 0.05) is 5.56 Å². The standard InChI is InChI=1S/C25H41ClO2/c1-22(2)16-14-12-10-8-6-4-3-5-7-9-11-13-15-21-28-24-19-17-23(18-20-24)25(26)27/h17-20,22H,3-16,21H2,1-2H3. The summed E-state index contributed by atoms with van der Waals surface area (Å²) in [5, 5.41) is -0.427. The van der Waals surface area contributed by atoms with E-state index in [0.717, 1.165) is 24.7 Å². The third-order valence-electron chi connectivity index (χ3n) is 5.28. The van der Waals surface area contributed by atoms with Crippen LogP contribution in [-0.2, 0) is 0 Å². The summed E-state index contributed by atoms with van der Waals surface area (Å²) in [7, 11) is 0. The van der Waals surface area contributed by atoms with Crippen LogP contribution < -0.4 is 4.74 Å². The van der Waals surface area contributed by atoms with Gasteiger partial charge in [-0.15, -0.1) is 0 Å². The summed E-state index contributed by atoms with van der Waals surface area (Å²) in [4.78, 5) is 11.0. The first kappa shape index (κ1) is 25.0. The van der Waals surface area contributed by atoms with E-state index in [2.05, 4.69) is 13.8 Å². The first-order valence-electron chi connectivity index (χ1n) is 11.5. The van der Waals surface area contributed by atoms with Crippen molar-refractivity contribution in [1.82, 2.24) is 0 Å². The van der Waals surface area contributed by atoms with E-state index in [1.54, 1.807) is 24.3 Å². The number of halogens is 1. The molecule has 0 aliphatic carbocycles. The Kier molecular flexibility index (Phi) is 15.1. The fourth-order valence-electron chi connectivity index (χ4n) is 3.47. The Labute approximate surface area is 178 Å².